The number of hydrogen-bond donors (Lipinski definition) is 1. The second-order valence-electron chi connectivity index (χ2n) is 3.43. The average Bonchev–Trinajstić information content (AvgIpc) is 2.30. The number of nitrogens with one attached hydrogen (secondary N) is 1. The van der Waals surface area contributed by atoms with Crippen molar-refractivity contribution in [3.63, 3.8) is 0 Å². The van der Waals surface area contributed by atoms with Crippen LogP contribution in [0.2, 0.25) is 0 Å². The van der Waals surface area contributed by atoms with Crippen LogP contribution in [0.1, 0.15) is 23.2 Å². The molecule has 0 saturated carbocycles. The Balaban J connectivity index is 2.12. The van der Waals surface area contributed by atoms with Gasteiger partial charge in [-0.05, 0) is 19.0 Å². The molecule has 1 aromatic carbocycles. The first kappa shape index (κ1) is 9.00. The molecule has 1 N–H and O–H groups in total. The van der Waals surface area contributed by atoms with Gasteiger partial charge >= 0.3 is 0 Å². The molecule has 0 amide bonds. The Labute approximate surface area is 83.6 Å². The molecule has 72 valence electrons. The highest BCUT2D eigenvalue weighted by Gasteiger charge is 2.18. The molecule has 0 fully saturated rings. The number of hydrogen-bond acceptors (Lipinski definition) is 2. The lowest BCUT2D eigenvalue weighted by Gasteiger charge is -2.18. The Morgan fingerprint density at radius 3 is 2.71 bits per heavy atom. The molecule has 1 unspecified atom stereocenters. The summed E-state index contributed by atoms with van der Waals surface area (Å²) in [5.74, 6) is 0.190. The second-order valence-corrected chi connectivity index (χ2v) is 3.43. The molecule has 0 aromatic heterocycles. The largest absolute Gasteiger partial charge is 0.381 e. The van der Waals surface area contributed by atoms with Gasteiger partial charge in [-0.25, -0.2) is 0 Å². The molecule has 0 bridgehead atoms. The maximum absolute atomic E-state index is 11.9. The summed E-state index contributed by atoms with van der Waals surface area (Å²) in [6, 6.07) is 9.40. The van der Waals surface area contributed by atoms with Crippen LogP contribution in [0.15, 0.2) is 42.6 Å². The highest BCUT2D eigenvalue weighted by molar-refractivity contribution is 6.00. The molecule has 2 heteroatoms. The number of Topliss-reactive ketones (excluding diaryl/α,β-unsaturated/α-hetero) is 1. The number of ketones is 1. The van der Waals surface area contributed by atoms with Gasteiger partial charge in [0.25, 0.3) is 0 Å². The zero-order chi connectivity index (χ0) is 9.80. The first-order chi connectivity index (χ1) is 6.88. The van der Waals surface area contributed by atoms with E-state index in [0.717, 1.165) is 18.4 Å². The van der Waals surface area contributed by atoms with Crippen molar-refractivity contribution in [2.75, 3.05) is 0 Å². The van der Waals surface area contributed by atoms with Crippen molar-refractivity contribution < 1.29 is 4.79 Å². The van der Waals surface area contributed by atoms with E-state index in [1.165, 1.54) is 0 Å². The standard InChI is InChI=1S/C12H13NO/c14-12(10-6-2-1-3-7-10)11-8-4-5-9-13-11/h1-3,5-7,9,11,13H,4,8H2. The van der Waals surface area contributed by atoms with Crippen molar-refractivity contribution in [3.05, 3.63) is 48.2 Å². The SMILES string of the molecule is O=C(c1ccccc1)C1CCC=CN1. The monoisotopic (exact) mass is 187 g/mol. The molecule has 1 aliphatic heterocycles. The Bertz CT molecular complexity index is 343. The molecule has 1 aromatic rings. The zero-order valence-electron chi connectivity index (χ0n) is 7.94. The number of rotatable bonds is 2. The van der Waals surface area contributed by atoms with Crippen molar-refractivity contribution in [2.45, 2.75) is 18.9 Å². The van der Waals surface area contributed by atoms with Gasteiger partial charge in [-0.2, -0.15) is 0 Å². The normalized spacial score (nSPS) is 20.1. The summed E-state index contributed by atoms with van der Waals surface area (Å²) in [4.78, 5) is 11.9. The van der Waals surface area contributed by atoms with E-state index in [4.69, 9.17) is 0 Å². The lowest BCUT2D eigenvalue weighted by atomic mass is 9.99. The fourth-order valence-electron chi connectivity index (χ4n) is 1.62. The van der Waals surface area contributed by atoms with E-state index < -0.39 is 0 Å². The molecular formula is C12H13NO. The summed E-state index contributed by atoms with van der Waals surface area (Å²) in [5.41, 5.74) is 0.792. The van der Waals surface area contributed by atoms with Gasteiger partial charge in [-0.15, -0.1) is 0 Å². The van der Waals surface area contributed by atoms with Crippen LogP contribution < -0.4 is 5.32 Å². The Kier molecular flexibility index (Phi) is 2.63. The van der Waals surface area contributed by atoms with Crippen molar-refractivity contribution in [3.8, 4) is 0 Å². The first-order valence-electron chi connectivity index (χ1n) is 4.88. The van der Waals surface area contributed by atoms with Gasteiger partial charge in [-0.3, -0.25) is 4.79 Å². The summed E-state index contributed by atoms with van der Waals surface area (Å²) < 4.78 is 0. The van der Waals surface area contributed by atoms with Crippen LogP contribution >= 0.6 is 0 Å². The number of carbonyl (C=O) groups is 1. The smallest absolute Gasteiger partial charge is 0.184 e. The Morgan fingerprint density at radius 2 is 2.07 bits per heavy atom. The van der Waals surface area contributed by atoms with Crippen LogP contribution in [0.3, 0.4) is 0 Å². The topological polar surface area (TPSA) is 29.1 Å². The van der Waals surface area contributed by atoms with Gasteiger partial charge in [0.05, 0.1) is 6.04 Å². The van der Waals surface area contributed by atoms with Gasteiger partial charge in [-0.1, -0.05) is 36.4 Å². The molecule has 0 saturated heterocycles. The molecule has 1 heterocycles. The predicted molar refractivity (Wildman–Crippen MR) is 56.1 cm³/mol. The number of allylic oxidation sites excluding steroid dienone is 1. The van der Waals surface area contributed by atoms with Gasteiger partial charge < -0.3 is 5.32 Å². The van der Waals surface area contributed by atoms with Crippen LogP contribution in [0.5, 0.6) is 0 Å². The third kappa shape index (κ3) is 1.84. The van der Waals surface area contributed by atoms with Crippen LogP contribution in [0.25, 0.3) is 0 Å². The third-order valence-corrected chi connectivity index (χ3v) is 2.41. The molecule has 0 spiro atoms. The van der Waals surface area contributed by atoms with E-state index in [0.29, 0.717) is 0 Å². The van der Waals surface area contributed by atoms with E-state index in [-0.39, 0.29) is 11.8 Å². The summed E-state index contributed by atoms with van der Waals surface area (Å²) in [7, 11) is 0. The summed E-state index contributed by atoms with van der Waals surface area (Å²) in [5, 5.41) is 3.09. The Hall–Kier alpha value is -1.57. The van der Waals surface area contributed by atoms with E-state index in [2.05, 4.69) is 11.4 Å². The first-order valence-corrected chi connectivity index (χ1v) is 4.88. The van der Waals surface area contributed by atoms with Crippen LogP contribution in [-0.4, -0.2) is 11.8 Å². The van der Waals surface area contributed by atoms with Gasteiger partial charge in [0.15, 0.2) is 5.78 Å². The van der Waals surface area contributed by atoms with Crippen LogP contribution in [0.4, 0.5) is 0 Å². The fourth-order valence-corrected chi connectivity index (χ4v) is 1.62. The molecule has 2 rings (SSSR count). The number of benzene rings is 1. The third-order valence-electron chi connectivity index (χ3n) is 2.41. The lowest BCUT2D eigenvalue weighted by molar-refractivity contribution is 0.0943. The molecule has 1 aliphatic rings. The minimum absolute atomic E-state index is 0.0394. The maximum Gasteiger partial charge on any atom is 0.184 e. The minimum Gasteiger partial charge on any atom is -0.381 e. The molecule has 0 radical (unpaired) electrons. The summed E-state index contributed by atoms with van der Waals surface area (Å²) in [6.45, 7) is 0. The number of carbonyl (C=O) groups excluding carboxylic acids is 1. The lowest BCUT2D eigenvalue weighted by Crippen LogP contribution is -2.34. The van der Waals surface area contributed by atoms with Crippen LogP contribution in [-0.2, 0) is 0 Å². The van der Waals surface area contributed by atoms with E-state index in [1.807, 2.05) is 36.5 Å². The van der Waals surface area contributed by atoms with Gasteiger partial charge in [0.1, 0.15) is 0 Å². The fraction of sp³-hybridized carbons (Fsp3) is 0.250. The highest BCUT2D eigenvalue weighted by Crippen LogP contribution is 2.10. The Morgan fingerprint density at radius 1 is 1.29 bits per heavy atom. The minimum atomic E-state index is -0.0394. The highest BCUT2D eigenvalue weighted by atomic mass is 16.1. The van der Waals surface area contributed by atoms with Crippen molar-refractivity contribution in [1.82, 2.24) is 5.32 Å². The van der Waals surface area contributed by atoms with Gasteiger partial charge in [0, 0.05) is 5.56 Å². The molecule has 2 nitrogen and oxygen atoms in total. The second kappa shape index (κ2) is 4.09. The molecule has 0 aliphatic carbocycles. The van der Waals surface area contributed by atoms with E-state index >= 15 is 0 Å². The quantitative estimate of drug-likeness (QED) is 0.719. The average molecular weight is 187 g/mol. The van der Waals surface area contributed by atoms with Crippen molar-refractivity contribution in [2.24, 2.45) is 0 Å². The zero-order valence-corrected chi connectivity index (χ0v) is 7.94. The van der Waals surface area contributed by atoms with E-state index in [9.17, 15) is 4.79 Å². The van der Waals surface area contributed by atoms with Crippen molar-refractivity contribution in [1.29, 1.82) is 0 Å². The van der Waals surface area contributed by atoms with Crippen LogP contribution in [0, 0.1) is 0 Å². The predicted octanol–water partition coefficient (Wildman–Crippen LogP) is 2.14. The molecule has 1 atom stereocenters. The molecular weight excluding hydrogens is 174 g/mol. The van der Waals surface area contributed by atoms with Gasteiger partial charge in [0.2, 0.25) is 0 Å². The summed E-state index contributed by atoms with van der Waals surface area (Å²) >= 11 is 0. The maximum atomic E-state index is 11.9. The molecule has 14 heavy (non-hydrogen) atoms. The summed E-state index contributed by atoms with van der Waals surface area (Å²) in [6.07, 6.45) is 5.80. The van der Waals surface area contributed by atoms with Crippen molar-refractivity contribution >= 4 is 5.78 Å². The van der Waals surface area contributed by atoms with E-state index in [1.54, 1.807) is 0 Å².